The summed E-state index contributed by atoms with van der Waals surface area (Å²) in [6.07, 6.45) is 0. The minimum atomic E-state index is 0.297. The van der Waals surface area contributed by atoms with Gasteiger partial charge in [-0.05, 0) is 46.5 Å². The molecule has 0 atom stereocenters. The van der Waals surface area contributed by atoms with Crippen LogP contribution < -0.4 is 18.9 Å². The summed E-state index contributed by atoms with van der Waals surface area (Å²) in [7, 11) is 0. The number of ether oxygens (including phenoxy) is 4. The van der Waals surface area contributed by atoms with Gasteiger partial charge in [0.25, 0.3) is 0 Å². The third-order valence-electron chi connectivity index (χ3n) is 8.08. The summed E-state index contributed by atoms with van der Waals surface area (Å²) < 4.78 is 26.7. The monoisotopic (exact) mass is 670 g/mol. The van der Waals surface area contributed by atoms with Gasteiger partial charge in [-0.25, -0.2) is 0 Å². The number of fused-ring (bicyclic) bond motifs is 2. The van der Waals surface area contributed by atoms with Crippen LogP contribution in [0.5, 0.6) is 23.0 Å². The van der Waals surface area contributed by atoms with Crippen molar-refractivity contribution in [3.63, 3.8) is 0 Å². The molecular weight excluding hydrogens is 639 g/mol. The fourth-order valence-electron chi connectivity index (χ4n) is 5.70. The van der Waals surface area contributed by atoms with Crippen LogP contribution in [0.25, 0.3) is 21.5 Å². The number of hydrogen-bond acceptors (Lipinski definition) is 4. The molecule has 7 aromatic carbocycles. The van der Waals surface area contributed by atoms with Crippen LogP contribution in [0.1, 0.15) is 22.3 Å². The second-order valence-corrected chi connectivity index (χ2v) is 12.1. The van der Waals surface area contributed by atoms with Crippen LogP contribution in [-0.2, 0) is 26.4 Å². The van der Waals surface area contributed by atoms with Crippen LogP contribution in [0.2, 0.25) is 10.0 Å². The molecule has 238 valence electrons. The molecule has 0 heterocycles. The van der Waals surface area contributed by atoms with Crippen molar-refractivity contribution in [1.82, 2.24) is 0 Å². The second kappa shape index (κ2) is 14.7. The maximum Gasteiger partial charge on any atom is 0.141 e. The number of benzene rings is 7. The van der Waals surface area contributed by atoms with E-state index in [2.05, 4.69) is 0 Å². The van der Waals surface area contributed by atoms with Crippen molar-refractivity contribution in [3.8, 4) is 23.0 Å². The first kappa shape index (κ1) is 31.4. The smallest absolute Gasteiger partial charge is 0.141 e. The van der Waals surface area contributed by atoms with Crippen LogP contribution in [0, 0.1) is 0 Å². The third-order valence-corrected chi connectivity index (χ3v) is 8.88. The molecule has 0 aromatic heterocycles. The summed E-state index contributed by atoms with van der Waals surface area (Å²) in [6.45, 7) is 1.33. The normalized spacial score (nSPS) is 11.0. The largest absolute Gasteiger partial charge is 0.488 e. The number of rotatable bonds is 12. The van der Waals surface area contributed by atoms with Crippen molar-refractivity contribution in [2.75, 3.05) is 0 Å². The van der Waals surface area contributed by atoms with Gasteiger partial charge < -0.3 is 18.9 Å². The fraction of sp³-hybridized carbons (Fsp3) is 0.0952. The maximum absolute atomic E-state index is 7.07. The molecule has 0 saturated carbocycles. The van der Waals surface area contributed by atoms with E-state index in [0.29, 0.717) is 70.2 Å². The van der Waals surface area contributed by atoms with E-state index < -0.39 is 0 Å². The Kier molecular flexibility index (Phi) is 9.65. The van der Waals surface area contributed by atoms with Gasteiger partial charge in [0.15, 0.2) is 0 Å². The van der Waals surface area contributed by atoms with E-state index in [1.165, 1.54) is 0 Å². The second-order valence-electron chi connectivity index (χ2n) is 11.4. The molecule has 7 aromatic rings. The van der Waals surface area contributed by atoms with Gasteiger partial charge in [-0.3, -0.25) is 0 Å². The molecule has 0 aliphatic rings. The van der Waals surface area contributed by atoms with Crippen LogP contribution in [0.4, 0.5) is 0 Å². The van der Waals surface area contributed by atoms with E-state index in [-0.39, 0.29) is 0 Å². The Hall–Kier alpha value is -5.16. The van der Waals surface area contributed by atoms with E-state index in [1.54, 1.807) is 6.07 Å². The highest BCUT2D eigenvalue weighted by Crippen LogP contribution is 2.53. The first-order valence-corrected chi connectivity index (χ1v) is 16.5. The van der Waals surface area contributed by atoms with Gasteiger partial charge in [0.1, 0.15) is 49.4 Å². The number of halogens is 2. The molecule has 7 rings (SSSR count). The predicted molar refractivity (Wildman–Crippen MR) is 195 cm³/mol. The van der Waals surface area contributed by atoms with Gasteiger partial charge in [-0.2, -0.15) is 0 Å². The summed E-state index contributed by atoms with van der Waals surface area (Å²) in [6, 6.07) is 47.8. The highest BCUT2D eigenvalue weighted by molar-refractivity contribution is 6.46. The molecule has 0 radical (unpaired) electrons. The number of hydrogen-bond donors (Lipinski definition) is 0. The summed E-state index contributed by atoms with van der Waals surface area (Å²) in [5.41, 5.74) is 4.10. The summed E-state index contributed by atoms with van der Waals surface area (Å²) >= 11 is 13.8. The molecule has 48 heavy (non-hydrogen) atoms. The van der Waals surface area contributed by atoms with Crippen molar-refractivity contribution < 1.29 is 18.9 Å². The van der Waals surface area contributed by atoms with Gasteiger partial charge >= 0.3 is 0 Å². The third kappa shape index (κ3) is 6.91. The zero-order valence-corrected chi connectivity index (χ0v) is 27.6. The molecule has 0 amide bonds. The quantitative estimate of drug-likeness (QED) is 0.121. The van der Waals surface area contributed by atoms with E-state index in [0.717, 1.165) is 33.0 Å². The highest BCUT2D eigenvalue weighted by atomic mass is 35.5. The average Bonchev–Trinajstić information content (AvgIpc) is 3.14. The maximum atomic E-state index is 7.07. The molecule has 0 aliphatic carbocycles. The topological polar surface area (TPSA) is 36.9 Å². The van der Waals surface area contributed by atoms with Crippen molar-refractivity contribution in [1.29, 1.82) is 0 Å². The van der Waals surface area contributed by atoms with Crippen molar-refractivity contribution in [2.24, 2.45) is 0 Å². The van der Waals surface area contributed by atoms with Crippen molar-refractivity contribution >= 4 is 44.7 Å². The van der Waals surface area contributed by atoms with E-state index in [1.807, 2.05) is 140 Å². The molecule has 6 heteroatoms. The van der Waals surface area contributed by atoms with Gasteiger partial charge in [-0.1, -0.05) is 145 Å². The average molecular weight is 672 g/mol. The summed E-state index contributed by atoms with van der Waals surface area (Å²) in [5.74, 6) is 2.37. The van der Waals surface area contributed by atoms with Gasteiger partial charge in [0.2, 0.25) is 0 Å². The van der Waals surface area contributed by atoms with Crippen molar-refractivity contribution in [2.45, 2.75) is 26.4 Å². The Bertz CT molecular complexity index is 2140. The van der Waals surface area contributed by atoms with Crippen LogP contribution in [0.3, 0.4) is 0 Å². The Morgan fingerprint density at radius 1 is 0.354 bits per heavy atom. The van der Waals surface area contributed by atoms with Gasteiger partial charge in [-0.15, -0.1) is 0 Å². The van der Waals surface area contributed by atoms with Crippen LogP contribution >= 0.6 is 23.2 Å². The van der Waals surface area contributed by atoms with E-state index in [4.69, 9.17) is 42.1 Å². The van der Waals surface area contributed by atoms with Crippen LogP contribution in [-0.4, -0.2) is 0 Å². The lowest BCUT2D eigenvalue weighted by atomic mass is 9.98. The Morgan fingerprint density at radius 2 is 0.729 bits per heavy atom. The van der Waals surface area contributed by atoms with Crippen LogP contribution in [0.15, 0.2) is 146 Å². The van der Waals surface area contributed by atoms with Crippen molar-refractivity contribution in [3.05, 3.63) is 178 Å². The zero-order chi connectivity index (χ0) is 32.7. The predicted octanol–water partition coefficient (Wildman–Crippen LogP) is 11.6. The Balaban J connectivity index is 1.47. The Morgan fingerprint density at radius 3 is 1.17 bits per heavy atom. The molecule has 0 aliphatic heterocycles. The Labute approximate surface area is 290 Å². The highest BCUT2D eigenvalue weighted by Gasteiger charge is 2.26. The minimum Gasteiger partial charge on any atom is -0.488 e. The minimum absolute atomic E-state index is 0.297. The molecule has 0 bridgehead atoms. The first-order valence-electron chi connectivity index (χ1n) is 15.7. The molecule has 0 spiro atoms. The summed E-state index contributed by atoms with van der Waals surface area (Å²) in [5, 5.41) is 3.58. The SMILES string of the molecule is Clc1ccc2c(OCc3ccccc3)c3c(OCc4ccccc4)ccc(OCc4ccccc4)c3c(OCc3ccccc3)c2c1Cl. The molecular formula is C42H32Cl2O4. The standard InChI is InChI=1S/C42H32Cl2O4/c43-34-22-21-33-37(40(34)44)42(48-28-32-19-11-4-12-20-32)39-36(46-26-30-15-7-2-8-16-30)24-23-35(45-25-29-13-5-1-6-14-29)38(39)41(33)47-27-31-17-9-3-10-18-31/h1-24H,25-28H2. The molecule has 0 fully saturated rings. The lowest BCUT2D eigenvalue weighted by molar-refractivity contribution is 0.291. The molecule has 4 nitrogen and oxygen atoms in total. The zero-order valence-electron chi connectivity index (χ0n) is 26.1. The van der Waals surface area contributed by atoms with Gasteiger partial charge in [0.05, 0.1) is 20.8 Å². The first-order chi connectivity index (χ1) is 23.7. The molecule has 0 unspecified atom stereocenters. The molecule has 0 N–H and O–H groups in total. The molecule has 0 saturated heterocycles. The van der Waals surface area contributed by atoms with E-state index >= 15 is 0 Å². The van der Waals surface area contributed by atoms with E-state index in [9.17, 15) is 0 Å². The van der Waals surface area contributed by atoms with Gasteiger partial charge in [0, 0.05) is 10.8 Å². The lowest BCUT2D eigenvalue weighted by Crippen LogP contribution is -2.05. The summed E-state index contributed by atoms with van der Waals surface area (Å²) in [4.78, 5) is 0. The fourth-order valence-corrected chi connectivity index (χ4v) is 6.11. The lowest BCUT2D eigenvalue weighted by Gasteiger charge is -2.23.